The molecule has 0 heterocycles. The maximum Gasteiger partial charge on any atom is 0.472 e. The number of esters is 2. The van der Waals surface area contributed by atoms with Crippen molar-refractivity contribution >= 4 is 35.4 Å². The molecular formula is C43H83O19P3. The second kappa shape index (κ2) is 35.9. The fraction of sp³-hybridized carbons (Fsp3) is 0.907. The van der Waals surface area contributed by atoms with Gasteiger partial charge < -0.3 is 49.3 Å². The molecule has 8 N–H and O–H groups in total. The Morgan fingerprint density at radius 3 is 1.29 bits per heavy atom. The van der Waals surface area contributed by atoms with E-state index in [2.05, 4.69) is 35.0 Å². The summed E-state index contributed by atoms with van der Waals surface area (Å²) in [5.41, 5.74) is 0. The topological polar surface area (TPSA) is 303 Å². The number of ether oxygens (including phenoxy) is 2. The Hall–Kier alpha value is -1.11. The zero-order valence-corrected chi connectivity index (χ0v) is 41.5. The van der Waals surface area contributed by atoms with E-state index in [0.717, 1.165) is 77.0 Å². The molecule has 1 rings (SSSR count). The third-order valence-electron chi connectivity index (χ3n) is 11.1. The third kappa shape index (κ3) is 32.4. The SMILES string of the molecule is CCCCCCC=CCCCCCCCCCC(=O)OC[C@H](COP(=O)(O)O[C@H]1C(O)C(O)C(OP(=O)(O)O)[C@@H](OP(=O)(O)O)C1O)OC(=O)CCCCCCCCCCCCCCC. The summed E-state index contributed by atoms with van der Waals surface area (Å²) in [6.45, 7) is 2.93. The van der Waals surface area contributed by atoms with E-state index < -0.39 is 91.3 Å². The molecule has 0 amide bonds. The number of rotatable bonds is 41. The highest BCUT2D eigenvalue weighted by molar-refractivity contribution is 7.47. The summed E-state index contributed by atoms with van der Waals surface area (Å²) >= 11 is 0. The average Bonchev–Trinajstić information content (AvgIpc) is 3.23. The first kappa shape index (κ1) is 61.9. The molecule has 0 spiro atoms. The van der Waals surface area contributed by atoms with Crippen molar-refractivity contribution in [2.24, 2.45) is 0 Å². The molecule has 0 saturated heterocycles. The van der Waals surface area contributed by atoms with Crippen LogP contribution in [0.1, 0.15) is 194 Å². The van der Waals surface area contributed by atoms with Crippen LogP contribution in [0.25, 0.3) is 0 Å². The molecule has 1 aliphatic rings. The van der Waals surface area contributed by atoms with E-state index in [1.165, 1.54) is 77.0 Å². The van der Waals surface area contributed by atoms with E-state index in [9.17, 15) is 63.1 Å². The van der Waals surface area contributed by atoms with Crippen LogP contribution in [0, 0.1) is 0 Å². The van der Waals surface area contributed by atoms with Gasteiger partial charge in [0.2, 0.25) is 0 Å². The van der Waals surface area contributed by atoms with Crippen molar-refractivity contribution in [2.75, 3.05) is 13.2 Å². The normalized spacial score (nSPS) is 21.9. The minimum atomic E-state index is -5.60. The molecule has 0 bridgehead atoms. The van der Waals surface area contributed by atoms with Crippen molar-refractivity contribution < 1.29 is 90.6 Å². The van der Waals surface area contributed by atoms with Gasteiger partial charge in [0, 0.05) is 12.8 Å². The Labute approximate surface area is 386 Å². The van der Waals surface area contributed by atoms with Crippen LogP contribution in [0.5, 0.6) is 0 Å². The van der Waals surface area contributed by atoms with Crippen molar-refractivity contribution in [3.05, 3.63) is 12.2 Å². The second-order valence-corrected chi connectivity index (χ2v) is 20.8. The van der Waals surface area contributed by atoms with Gasteiger partial charge >= 0.3 is 35.4 Å². The maximum atomic E-state index is 13.1. The summed E-state index contributed by atoms with van der Waals surface area (Å²) in [7, 11) is -16.6. The van der Waals surface area contributed by atoms with Gasteiger partial charge in [-0.3, -0.25) is 27.7 Å². The van der Waals surface area contributed by atoms with Crippen LogP contribution in [-0.4, -0.2) is 108 Å². The Kier molecular flexibility index (Phi) is 34.2. The summed E-state index contributed by atoms with van der Waals surface area (Å²) in [5, 5.41) is 31.9. The van der Waals surface area contributed by atoms with Crippen molar-refractivity contribution in [3.63, 3.8) is 0 Å². The number of allylic oxidation sites excluding steroid dienone is 2. The number of phosphoric acid groups is 3. The molecule has 0 radical (unpaired) electrons. The summed E-state index contributed by atoms with van der Waals surface area (Å²) in [5.74, 6) is -1.29. The van der Waals surface area contributed by atoms with E-state index in [4.69, 9.17) is 18.5 Å². The molecule has 5 unspecified atom stereocenters. The molecule has 0 aromatic carbocycles. The zero-order chi connectivity index (χ0) is 48.6. The summed E-state index contributed by atoms with van der Waals surface area (Å²) in [6, 6.07) is 0. The van der Waals surface area contributed by atoms with Gasteiger partial charge in [0.05, 0.1) is 6.61 Å². The molecule has 0 aromatic heterocycles. The third-order valence-corrected chi connectivity index (χ3v) is 13.1. The Morgan fingerprint density at radius 1 is 0.477 bits per heavy atom. The predicted molar refractivity (Wildman–Crippen MR) is 243 cm³/mol. The van der Waals surface area contributed by atoms with Crippen LogP contribution >= 0.6 is 23.5 Å². The number of carbonyl (C=O) groups is 2. The lowest BCUT2D eigenvalue weighted by Crippen LogP contribution is -2.65. The molecule has 1 aliphatic carbocycles. The van der Waals surface area contributed by atoms with Crippen LogP contribution in [0.4, 0.5) is 0 Å². The molecule has 1 saturated carbocycles. The zero-order valence-electron chi connectivity index (χ0n) is 38.8. The predicted octanol–water partition coefficient (Wildman–Crippen LogP) is 8.51. The summed E-state index contributed by atoms with van der Waals surface area (Å²) in [6.07, 6.45) is 16.6. The molecule has 384 valence electrons. The smallest absolute Gasteiger partial charge is 0.462 e. The van der Waals surface area contributed by atoms with Gasteiger partial charge in [-0.1, -0.05) is 154 Å². The lowest BCUT2D eigenvalue weighted by molar-refractivity contribution is -0.213. The van der Waals surface area contributed by atoms with Gasteiger partial charge in [-0.05, 0) is 38.5 Å². The first-order valence-corrected chi connectivity index (χ1v) is 28.5. The highest BCUT2D eigenvalue weighted by atomic mass is 31.2. The number of hydrogen-bond acceptors (Lipinski definition) is 14. The molecule has 19 nitrogen and oxygen atoms in total. The molecule has 0 aromatic rings. The number of hydrogen-bond donors (Lipinski definition) is 8. The fourth-order valence-corrected chi connectivity index (χ4v) is 9.56. The fourth-order valence-electron chi connectivity index (χ4n) is 7.46. The Balaban J connectivity index is 2.73. The second-order valence-electron chi connectivity index (χ2n) is 17.0. The lowest BCUT2D eigenvalue weighted by Gasteiger charge is -2.44. The number of aliphatic hydroxyl groups excluding tert-OH is 3. The van der Waals surface area contributed by atoms with Gasteiger partial charge in [0.1, 0.15) is 43.2 Å². The number of carbonyl (C=O) groups excluding carboxylic acids is 2. The minimum absolute atomic E-state index is 0.00245. The first-order chi connectivity index (χ1) is 30.8. The number of phosphoric ester groups is 3. The maximum absolute atomic E-state index is 13.1. The van der Waals surface area contributed by atoms with Crippen LogP contribution < -0.4 is 0 Å². The van der Waals surface area contributed by atoms with Crippen LogP contribution in [0.2, 0.25) is 0 Å². The van der Waals surface area contributed by atoms with Gasteiger partial charge in [-0.2, -0.15) is 0 Å². The average molecular weight is 997 g/mol. The number of aliphatic hydroxyl groups is 3. The molecule has 65 heavy (non-hydrogen) atoms. The molecule has 0 aliphatic heterocycles. The van der Waals surface area contributed by atoms with Crippen LogP contribution in [0.3, 0.4) is 0 Å². The van der Waals surface area contributed by atoms with Gasteiger partial charge in [0.25, 0.3) is 0 Å². The Morgan fingerprint density at radius 2 is 0.846 bits per heavy atom. The van der Waals surface area contributed by atoms with E-state index in [0.29, 0.717) is 12.8 Å². The van der Waals surface area contributed by atoms with E-state index in [-0.39, 0.29) is 12.8 Å². The first-order valence-electron chi connectivity index (χ1n) is 24.0. The highest BCUT2D eigenvalue weighted by Crippen LogP contribution is 2.51. The van der Waals surface area contributed by atoms with Gasteiger partial charge in [-0.25, -0.2) is 13.7 Å². The lowest BCUT2D eigenvalue weighted by atomic mass is 9.85. The number of unbranched alkanes of at least 4 members (excludes halogenated alkanes) is 23. The quantitative estimate of drug-likeness (QED) is 0.0123. The van der Waals surface area contributed by atoms with Crippen molar-refractivity contribution in [2.45, 2.75) is 236 Å². The van der Waals surface area contributed by atoms with E-state index in [1.807, 2.05) is 0 Å². The van der Waals surface area contributed by atoms with Crippen LogP contribution in [0.15, 0.2) is 12.2 Å². The van der Waals surface area contributed by atoms with Crippen molar-refractivity contribution in [1.82, 2.24) is 0 Å². The van der Waals surface area contributed by atoms with Gasteiger partial charge in [0.15, 0.2) is 6.10 Å². The highest BCUT2D eigenvalue weighted by Gasteiger charge is 2.56. The standard InChI is InChI=1S/C43H83O19P3/c1-3-5-7-9-11-13-15-17-18-20-21-23-25-27-29-31-36(44)57-33-35(59-37(45)32-30-28-26-24-22-19-16-14-12-10-8-6-4-2)34-58-65(55,56)62-41-38(46)39(47)42(60-63(49,50)51)43(40(41)48)61-64(52,53)54/h13,15,35,38-43,46-48H,3-12,14,16-34H2,1-2H3,(H,55,56)(H2,49,50,51)(H2,52,53,54)/t35-,38?,39?,40?,41+,42?,43+/m1/s1. The monoisotopic (exact) mass is 996 g/mol. The minimum Gasteiger partial charge on any atom is -0.462 e. The molecule has 1 fully saturated rings. The summed E-state index contributed by atoms with van der Waals surface area (Å²) in [4.78, 5) is 73.1. The van der Waals surface area contributed by atoms with Crippen molar-refractivity contribution in [1.29, 1.82) is 0 Å². The van der Waals surface area contributed by atoms with Gasteiger partial charge in [-0.15, -0.1) is 0 Å². The summed E-state index contributed by atoms with van der Waals surface area (Å²) < 4.78 is 65.4. The van der Waals surface area contributed by atoms with Crippen LogP contribution in [-0.2, 0) is 50.9 Å². The molecular weight excluding hydrogens is 913 g/mol. The largest absolute Gasteiger partial charge is 0.472 e. The molecule has 22 heteroatoms. The molecule has 8 atom stereocenters. The Bertz CT molecular complexity index is 1420. The van der Waals surface area contributed by atoms with E-state index >= 15 is 0 Å². The van der Waals surface area contributed by atoms with Crippen molar-refractivity contribution in [3.8, 4) is 0 Å². The van der Waals surface area contributed by atoms with E-state index in [1.54, 1.807) is 0 Å².